The maximum absolute atomic E-state index is 11.9. The van der Waals surface area contributed by atoms with Gasteiger partial charge in [0.05, 0.1) is 11.9 Å². The van der Waals surface area contributed by atoms with Crippen molar-refractivity contribution in [2.75, 3.05) is 16.3 Å². The summed E-state index contributed by atoms with van der Waals surface area (Å²) in [6.07, 6.45) is 1.07. The van der Waals surface area contributed by atoms with Crippen molar-refractivity contribution in [1.82, 2.24) is 10.2 Å². The molecule has 1 aromatic carbocycles. The van der Waals surface area contributed by atoms with Crippen LogP contribution in [0.1, 0.15) is 15.4 Å². The Labute approximate surface area is 130 Å². The molecule has 0 bridgehead atoms. The Balaban J connectivity index is 2.15. The molecule has 0 unspecified atom stereocenters. The van der Waals surface area contributed by atoms with Gasteiger partial charge in [-0.3, -0.25) is 9.52 Å². The Morgan fingerprint density at radius 2 is 2.05 bits per heavy atom. The molecule has 0 spiro atoms. The van der Waals surface area contributed by atoms with Crippen molar-refractivity contribution < 1.29 is 13.2 Å². The molecule has 2 rings (SSSR count). The Morgan fingerprint density at radius 3 is 2.57 bits per heavy atom. The third kappa shape index (κ3) is 4.38. The summed E-state index contributed by atoms with van der Waals surface area (Å²) in [5, 5.41) is 9.97. The molecule has 2 N–H and O–H groups in total. The first-order valence-corrected chi connectivity index (χ1v) is 8.72. The van der Waals surface area contributed by atoms with E-state index in [2.05, 4.69) is 20.2 Å². The number of nitrogens with one attached hydrogen (secondary N) is 2. The van der Waals surface area contributed by atoms with E-state index in [0.29, 0.717) is 16.9 Å². The lowest BCUT2D eigenvalue weighted by Gasteiger charge is -2.10. The minimum atomic E-state index is -3.34. The molecule has 0 radical (unpaired) electrons. The van der Waals surface area contributed by atoms with E-state index in [0.717, 1.165) is 17.6 Å². The van der Waals surface area contributed by atoms with Crippen LogP contribution in [0.15, 0.2) is 18.2 Å². The predicted octanol–water partition coefficient (Wildman–Crippen LogP) is 2.12. The van der Waals surface area contributed by atoms with Crippen molar-refractivity contribution in [3.8, 4) is 0 Å². The van der Waals surface area contributed by atoms with Crippen molar-refractivity contribution >= 4 is 50.2 Å². The molecule has 0 saturated heterocycles. The molecule has 1 heterocycles. The number of carbonyl (C=O) groups is 1. The van der Waals surface area contributed by atoms with E-state index in [4.69, 9.17) is 11.6 Å². The Morgan fingerprint density at radius 1 is 1.33 bits per heavy atom. The first-order valence-electron chi connectivity index (χ1n) is 5.63. The van der Waals surface area contributed by atoms with Crippen LogP contribution in [-0.2, 0) is 10.0 Å². The molecule has 0 aliphatic carbocycles. The number of benzene rings is 1. The van der Waals surface area contributed by atoms with E-state index >= 15 is 0 Å². The Kier molecular flexibility index (Phi) is 4.45. The monoisotopic (exact) mass is 346 g/mol. The second-order valence-corrected chi connectivity index (χ2v) is 7.53. The summed E-state index contributed by atoms with van der Waals surface area (Å²) in [5.41, 5.74) is 1.64. The number of halogens is 1. The maximum Gasteiger partial charge on any atom is 0.286 e. The van der Waals surface area contributed by atoms with Gasteiger partial charge in [-0.2, -0.15) is 0 Å². The maximum atomic E-state index is 11.9. The van der Waals surface area contributed by atoms with Gasteiger partial charge in [-0.15, -0.1) is 10.2 Å². The van der Waals surface area contributed by atoms with Gasteiger partial charge in [-0.05, 0) is 42.3 Å². The first kappa shape index (κ1) is 15.7. The summed E-state index contributed by atoms with van der Waals surface area (Å²) in [6.45, 7) is 1.73. The average Bonchev–Trinajstić information content (AvgIpc) is 2.78. The SMILES string of the molecule is Cc1cc(NC(=O)c2nnc(Cl)s2)ccc1NS(C)(=O)=O. The van der Waals surface area contributed by atoms with Gasteiger partial charge in [-0.25, -0.2) is 8.42 Å². The number of anilines is 2. The third-order valence-corrected chi connectivity index (χ3v) is 3.98. The highest BCUT2D eigenvalue weighted by Gasteiger charge is 2.13. The Bertz CT molecular complexity index is 789. The molecule has 0 fully saturated rings. The molecule has 7 nitrogen and oxygen atoms in total. The third-order valence-electron chi connectivity index (χ3n) is 2.37. The van der Waals surface area contributed by atoms with E-state index < -0.39 is 15.9 Å². The van der Waals surface area contributed by atoms with Gasteiger partial charge >= 0.3 is 0 Å². The molecule has 1 amide bonds. The largest absolute Gasteiger partial charge is 0.320 e. The van der Waals surface area contributed by atoms with Crippen LogP contribution in [-0.4, -0.2) is 30.8 Å². The highest BCUT2D eigenvalue weighted by Crippen LogP contribution is 2.22. The zero-order valence-corrected chi connectivity index (χ0v) is 13.4. The molecule has 1 aromatic heterocycles. The number of amides is 1. The van der Waals surface area contributed by atoms with Gasteiger partial charge in [0.2, 0.25) is 19.5 Å². The fourth-order valence-electron chi connectivity index (χ4n) is 1.54. The van der Waals surface area contributed by atoms with Gasteiger partial charge in [0, 0.05) is 5.69 Å². The van der Waals surface area contributed by atoms with Crippen LogP contribution in [0.3, 0.4) is 0 Å². The number of carbonyl (C=O) groups excluding carboxylic acids is 1. The van der Waals surface area contributed by atoms with Gasteiger partial charge in [-0.1, -0.05) is 11.3 Å². The highest BCUT2D eigenvalue weighted by atomic mass is 35.5. The molecule has 0 aliphatic heterocycles. The fourth-order valence-corrected chi connectivity index (χ4v) is 2.89. The predicted molar refractivity (Wildman–Crippen MR) is 82.5 cm³/mol. The number of hydrogen-bond donors (Lipinski definition) is 2. The van der Waals surface area contributed by atoms with Crippen LogP contribution in [0.5, 0.6) is 0 Å². The molecule has 21 heavy (non-hydrogen) atoms. The quantitative estimate of drug-likeness (QED) is 0.883. The van der Waals surface area contributed by atoms with Crippen LogP contribution in [0, 0.1) is 6.92 Å². The number of rotatable bonds is 4. The summed E-state index contributed by atoms with van der Waals surface area (Å²) in [7, 11) is -3.34. The van der Waals surface area contributed by atoms with Crippen molar-refractivity contribution in [2.24, 2.45) is 0 Å². The average molecular weight is 347 g/mol. The van der Waals surface area contributed by atoms with Gasteiger partial charge < -0.3 is 5.32 Å². The van der Waals surface area contributed by atoms with Gasteiger partial charge in [0.15, 0.2) is 0 Å². The van der Waals surface area contributed by atoms with E-state index in [-0.39, 0.29) is 9.47 Å². The number of hydrogen-bond acceptors (Lipinski definition) is 6. The van der Waals surface area contributed by atoms with Crippen molar-refractivity contribution in [3.63, 3.8) is 0 Å². The molecule has 0 aliphatic rings. The van der Waals surface area contributed by atoms with Crippen molar-refractivity contribution in [2.45, 2.75) is 6.92 Å². The molecular weight excluding hydrogens is 336 g/mol. The summed E-state index contributed by atoms with van der Waals surface area (Å²) in [6, 6.07) is 4.80. The van der Waals surface area contributed by atoms with E-state index in [1.54, 1.807) is 25.1 Å². The molecule has 2 aromatic rings. The molecule has 0 saturated carbocycles. The summed E-state index contributed by atoms with van der Waals surface area (Å²) < 4.78 is 25.0. The Hall–Kier alpha value is -1.71. The number of aryl methyl sites for hydroxylation is 1. The van der Waals surface area contributed by atoms with Crippen LogP contribution in [0.4, 0.5) is 11.4 Å². The minimum Gasteiger partial charge on any atom is -0.320 e. The smallest absolute Gasteiger partial charge is 0.286 e. The van der Waals surface area contributed by atoms with Crippen LogP contribution in [0.2, 0.25) is 4.47 Å². The van der Waals surface area contributed by atoms with E-state index in [1.165, 1.54) is 0 Å². The van der Waals surface area contributed by atoms with E-state index in [9.17, 15) is 13.2 Å². The van der Waals surface area contributed by atoms with Crippen molar-refractivity contribution in [3.05, 3.63) is 33.2 Å². The lowest BCUT2D eigenvalue weighted by atomic mass is 10.2. The fraction of sp³-hybridized carbons (Fsp3) is 0.182. The second kappa shape index (κ2) is 5.96. The van der Waals surface area contributed by atoms with E-state index in [1.807, 2.05) is 0 Å². The lowest BCUT2D eigenvalue weighted by molar-refractivity contribution is 0.102. The number of sulfonamides is 1. The van der Waals surface area contributed by atoms with Crippen molar-refractivity contribution in [1.29, 1.82) is 0 Å². The molecule has 0 atom stereocenters. The zero-order valence-electron chi connectivity index (χ0n) is 11.0. The van der Waals surface area contributed by atoms with Crippen LogP contribution >= 0.6 is 22.9 Å². The molecular formula is C11H11ClN4O3S2. The van der Waals surface area contributed by atoms with Crippen LogP contribution < -0.4 is 10.0 Å². The van der Waals surface area contributed by atoms with Crippen LogP contribution in [0.25, 0.3) is 0 Å². The molecule has 10 heteroatoms. The zero-order chi connectivity index (χ0) is 15.6. The highest BCUT2D eigenvalue weighted by molar-refractivity contribution is 7.92. The second-order valence-electron chi connectivity index (χ2n) is 4.22. The molecule has 112 valence electrons. The summed E-state index contributed by atoms with van der Waals surface area (Å²) in [4.78, 5) is 11.9. The normalized spacial score (nSPS) is 11.2. The standard InChI is InChI=1S/C11H11ClN4O3S2/c1-6-5-7(3-4-8(6)16-21(2,18)19)13-9(17)10-14-15-11(12)20-10/h3-5,16H,1-2H3,(H,13,17). The first-order chi connectivity index (χ1) is 9.74. The summed E-state index contributed by atoms with van der Waals surface area (Å²) in [5.74, 6) is -0.428. The van der Waals surface area contributed by atoms with Gasteiger partial charge in [0.25, 0.3) is 5.91 Å². The summed E-state index contributed by atoms with van der Waals surface area (Å²) >= 11 is 6.58. The number of aromatic nitrogens is 2. The van der Waals surface area contributed by atoms with Gasteiger partial charge in [0.1, 0.15) is 0 Å². The minimum absolute atomic E-state index is 0.149. The topological polar surface area (TPSA) is 101 Å². The lowest BCUT2D eigenvalue weighted by Crippen LogP contribution is -2.13. The number of nitrogens with zero attached hydrogens (tertiary/aromatic N) is 2.